The number of nitrogens with zero attached hydrogens (tertiary/aromatic N) is 1. The number of benzene rings is 1. The van der Waals surface area contributed by atoms with Crippen molar-refractivity contribution in [2.45, 2.75) is 26.7 Å². The fraction of sp³-hybridized carbons (Fsp3) is 0.538. The molecule has 0 aromatic heterocycles. The molecule has 0 unspecified atom stereocenters. The van der Waals surface area contributed by atoms with Crippen LogP contribution in [0.3, 0.4) is 0 Å². The predicted octanol–water partition coefficient (Wildman–Crippen LogP) is 2.18. The van der Waals surface area contributed by atoms with E-state index in [1.165, 1.54) is 5.56 Å². The molecule has 0 saturated carbocycles. The molecule has 90 valence electrons. The van der Waals surface area contributed by atoms with Gasteiger partial charge in [-0.2, -0.15) is 0 Å². The van der Waals surface area contributed by atoms with Crippen molar-refractivity contribution < 1.29 is 5.11 Å². The van der Waals surface area contributed by atoms with Gasteiger partial charge in [0.2, 0.25) is 0 Å². The Bertz CT molecular complexity index is 326. The molecular weight excluding hydrogens is 200 g/mol. The van der Waals surface area contributed by atoms with E-state index in [0.29, 0.717) is 6.54 Å². The standard InChI is InChI=1S/C13H22N2O/c1-3-4-7-15(8-9-16)13-10-12(14)6-5-11(13)2/h5-6,10,16H,3-4,7-9,14H2,1-2H3. The average molecular weight is 222 g/mol. The normalized spacial score (nSPS) is 10.4. The molecule has 3 heteroatoms. The van der Waals surface area contributed by atoms with Crippen molar-refractivity contribution in [1.29, 1.82) is 0 Å². The third-order valence-electron chi connectivity index (χ3n) is 2.73. The van der Waals surface area contributed by atoms with Gasteiger partial charge in [0.25, 0.3) is 0 Å². The van der Waals surface area contributed by atoms with Gasteiger partial charge in [-0.15, -0.1) is 0 Å². The highest BCUT2D eigenvalue weighted by atomic mass is 16.3. The number of nitrogens with two attached hydrogens (primary N) is 1. The average Bonchev–Trinajstić information content (AvgIpc) is 2.28. The second kappa shape index (κ2) is 6.38. The Kier molecular flexibility index (Phi) is 5.12. The molecule has 0 radical (unpaired) electrons. The quantitative estimate of drug-likeness (QED) is 0.725. The highest BCUT2D eigenvalue weighted by molar-refractivity contribution is 5.60. The molecule has 1 rings (SSSR count). The topological polar surface area (TPSA) is 49.5 Å². The Labute approximate surface area is 97.9 Å². The molecule has 0 fully saturated rings. The number of hydrogen-bond donors (Lipinski definition) is 2. The van der Waals surface area contributed by atoms with Gasteiger partial charge >= 0.3 is 0 Å². The van der Waals surface area contributed by atoms with E-state index in [4.69, 9.17) is 10.8 Å². The fourth-order valence-corrected chi connectivity index (χ4v) is 1.79. The van der Waals surface area contributed by atoms with Crippen LogP contribution in [0.1, 0.15) is 25.3 Å². The summed E-state index contributed by atoms with van der Waals surface area (Å²) in [5, 5.41) is 9.08. The molecule has 0 amide bonds. The Balaban J connectivity index is 2.85. The highest BCUT2D eigenvalue weighted by Gasteiger charge is 2.08. The molecule has 0 bridgehead atoms. The zero-order valence-corrected chi connectivity index (χ0v) is 10.2. The first-order valence-corrected chi connectivity index (χ1v) is 5.91. The highest BCUT2D eigenvalue weighted by Crippen LogP contribution is 2.23. The summed E-state index contributed by atoms with van der Waals surface area (Å²) in [6.45, 7) is 6.07. The van der Waals surface area contributed by atoms with Crippen molar-refractivity contribution in [2.75, 3.05) is 30.3 Å². The van der Waals surface area contributed by atoms with Gasteiger partial charge in [-0.25, -0.2) is 0 Å². The molecule has 16 heavy (non-hydrogen) atoms. The molecule has 0 aliphatic carbocycles. The summed E-state index contributed by atoms with van der Waals surface area (Å²) in [4.78, 5) is 2.20. The summed E-state index contributed by atoms with van der Waals surface area (Å²) in [6.07, 6.45) is 2.29. The van der Waals surface area contributed by atoms with Gasteiger partial charge in [-0.3, -0.25) is 0 Å². The molecule has 3 nitrogen and oxygen atoms in total. The van der Waals surface area contributed by atoms with E-state index in [1.54, 1.807) is 0 Å². The van der Waals surface area contributed by atoms with Crippen molar-refractivity contribution in [3.8, 4) is 0 Å². The minimum atomic E-state index is 0.179. The monoisotopic (exact) mass is 222 g/mol. The zero-order valence-electron chi connectivity index (χ0n) is 10.2. The minimum Gasteiger partial charge on any atom is -0.399 e. The lowest BCUT2D eigenvalue weighted by atomic mass is 10.1. The van der Waals surface area contributed by atoms with Crippen LogP contribution in [-0.4, -0.2) is 24.8 Å². The molecule has 3 N–H and O–H groups in total. The number of nitrogen functional groups attached to an aromatic ring is 1. The number of aliphatic hydroxyl groups is 1. The Morgan fingerprint density at radius 3 is 2.69 bits per heavy atom. The maximum Gasteiger partial charge on any atom is 0.0606 e. The number of aryl methyl sites for hydroxylation is 1. The Morgan fingerprint density at radius 1 is 1.31 bits per heavy atom. The molecule has 1 aromatic carbocycles. The summed E-state index contributed by atoms with van der Waals surface area (Å²) in [5.41, 5.74) is 8.93. The van der Waals surface area contributed by atoms with Crippen LogP contribution in [0.5, 0.6) is 0 Å². The molecule has 0 aliphatic rings. The van der Waals surface area contributed by atoms with Gasteiger partial charge in [-0.1, -0.05) is 19.4 Å². The fourth-order valence-electron chi connectivity index (χ4n) is 1.79. The maximum absolute atomic E-state index is 9.08. The predicted molar refractivity (Wildman–Crippen MR) is 69.8 cm³/mol. The number of rotatable bonds is 6. The summed E-state index contributed by atoms with van der Waals surface area (Å²) in [6, 6.07) is 5.93. The van der Waals surface area contributed by atoms with Gasteiger partial charge in [0.15, 0.2) is 0 Å². The number of anilines is 2. The van der Waals surface area contributed by atoms with Gasteiger partial charge in [0, 0.05) is 24.5 Å². The van der Waals surface area contributed by atoms with Crippen LogP contribution in [0.25, 0.3) is 0 Å². The summed E-state index contributed by atoms with van der Waals surface area (Å²) in [7, 11) is 0. The van der Waals surface area contributed by atoms with E-state index in [-0.39, 0.29) is 6.61 Å². The molecule has 0 aliphatic heterocycles. The third kappa shape index (κ3) is 3.42. The van der Waals surface area contributed by atoms with Crippen LogP contribution >= 0.6 is 0 Å². The lowest BCUT2D eigenvalue weighted by Crippen LogP contribution is -2.28. The lowest BCUT2D eigenvalue weighted by Gasteiger charge is -2.25. The second-order valence-corrected chi connectivity index (χ2v) is 4.11. The van der Waals surface area contributed by atoms with Crippen molar-refractivity contribution in [3.05, 3.63) is 23.8 Å². The van der Waals surface area contributed by atoms with E-state index in [2.05, 4.69) is 18.7 Å². The number of hydrogen-bond acceptors (Lipinski definition) is 3. The van der Waals surface area contributed by atoms with Crippen molar-refractivity contribution >= 4 is 11.4 Å². The number of aliphatic hydroxyl groups excluding tert-OH is 1. The van der Waals surface area contributed by atoms with Crippen molar-refractivity contribution in [1.82, 2.24) is 0 Å². The largest absolute Gasteiger partial charge is 0.399 e. The smallest absolute Gasteiger partial charge is 0.0606 e. The van der Waals surface area contributed by atoms with Crippen LogP contribution in [0.15, 0.2) is 18.2 Å². The van der Waals surface area contributed by atoms with Crippen LogP contribution < -0.4 is 10.6 Å². The summed E-state index contributed by atoms with van der Waals surface area (Å²) >= 11 is 0. The van der Waals surface area contributed by atoms with Crippen LogP contribution in [0.2, 0.25) is 0 Å². The van der Waals surface area contributed by atoms with Gasteiger partial charge in [-0.05, 0) is 31.0 Å². The molecule has 0 atom stereocenters. The second-order valence-electron chi connectivity index (χ2n) is 4.11. The van der Waals surface area contributed by atoms with E-state index in [9.17, 15) is 0 Å². The van der Waals surface area contributed by atoms with E-state index < -0.39 is 0 Å². The Hall–Kier alpha value is -1.22. The van der Waals surface area contributed by atoms with Gasteiger partial charge in [0.05, 0.1) is 6.61 Å². The zero-order chi connectivity index (χ0) is 12.0. The molecule has 0 spiro atoms. The lowest BCUT2D eigenvalue weighted by molar-refractivity contribution is 0.301. The van der Waals surface area contributed by atoms with Gasteiger partial charge < -0.3 is 15.7 Å². The van der Waals surface area contributed by atoms with Gasteiger partial charge in [0.1, 0.15) is 0 Å². The molecule has 0 heterocycles. The molecular formula is C13H22N2O. The maximum atomic E-state index is 9.08. The van der Waals surface area contributed by atoms with E-state index in [0.717, 1.165) is 30.8 Å². The number of unbranched alkanes of at least 4 members (excludes halogenated alkanes) is 1. The van der Waals surface area contributed by atoms with Crippen LogP contribution in [0.4, 0.5) is 11.4 Å². The molecule has 0 saturated heterocycles. The first-order valence-electron chi connectivity index (χ1n) is 5.91. The minimum absolute atomic E-state index is 0.179. The SMILES string of the molecule is CCCCN(CCO)c1cc(N)ccc1C. The van der Waals surface area contributed by atoms with Crippen molar-refractivity contribution in [3.63, 3.8) is 0 Å². The first-order chi connectivity index (χ1) is 7.69. The Morgan fingerprint density at radius 2 is 2.06 bits per heavy atom. The van der Waals surface area contributed by atoms with E-state index in [1.807, 2.05) is 18.2 Å². The summed E-state index contributed by atoms with van der Waals surface area (Å²) in [5.74, 6) is 0. The molecule has 1 aromatic rings. The van der Waals surface area contributed by atoms with Crippen LogP contribution in [-0.2, 0) is 0 Å². The summed E-state index contributed by atoms with van der Waals surface area (Å²) < 4.78 is 0. The third-order valence-corrected chi connectivity index (χ3v) is 2.73. The van der Waals surface area contributed by atoms with Crippen LogP contribution in [0, 0.1) is 6.92 Å². The van der Waals surface area contributed by atoms with Crippen molar-refractivity contribution in [2.24, 2.45) is 0 Å². The first kappa shape index (κ1) is 12.8. The van der Waals surface area contributed by atoms with E-state index >= 15 is 0 Å².